The number of ether oxygens (including phenoxy) is 1. The van der Waals surface area contributed by atoms with Crippen molar-refractivity contribution in [3.05, 3.63) is 27.2 Å². The molecule has 78 valence electrons. The summed E-state index contributed by atoms with van der Waals surface area (Å²) < 4.78 is 5.41. The smallest absolute Gasteiger partial charge is 0.156 e. The van der Waals surface area contributed by atoms with Gasteiger partial charge in [0.05, 0.1) is 16.7 Å². The Morgan fingerprint density at radius 3 is 2.21 bits per heavy atom. The Morgan fingerprint density at radius 1 is 1.14 bits per heavy atom. The normalized spacial score (nSPS) is 10.3. The zero-order valence-electron chi connectivity index (χ0n) is 7.20. The fourth-order valence-electron chi connectivity index (χ4n) is 0.896. The summed E-state index contributed by atoms with van der Waals surface area (Å²) in [6.45, 7) is 0.576. The lowest BCUT2D eigenvalue weighted by Gasteiger charge is -2.09. The van der Waals surface area contributed by atoms with Crippen molar-refractivity contribution < 1.29 is 4.74 Å². The highest BCUT2D eigenvalue weighted by molar-refractivity contribution is 9.09. The molecule has 0 aliphatic heterocycles. The zero-order valence-corrected chi connectivity index (χ0v) is 11.0. The predicted molar refractivity (Wildman–Crippen MR) is 65.4 cm³/mol. The monoisotopic (exact) mass is 316 g/mol. The molecule has 0 saturated heterocycles. The average Bonchev–Trinajstić information content (AvgIpc) is 2.09. The molecule has 1 rings (SSSR count). The first-order chi connectivity index (χ1) is 6.65. The molecule has 0 amide bonds. The minimum Gasteiger partial charge on any atom is -0.490 e. The summed E-state index contributed by atoms with van der Waals surface area (Å²) in [7, 11) is 0. The Kier molecular flexibility index (Phi) is 5.39. The number of hydrogen-bond acceptors (Lipinski definition) is 1. The van der Waals surface area contributed by atoms with E-state index in [1.54, 1.807) is 12.1 Å². The number of halogens is 4. The Labute approximate surface area is 106 Å². The lowest BCUT2D eigenvalue weighted by atomic mass is 10.3. The van der Waals surface area contributed by atoms with Crippen LogP contribution in [-0.4, -0.2) is 11.9 Å². The first-order valence-corrected chi connectivity index (χ1v) is 6.24. The maximum atomic E-state index is 5.91. The van der Waals surface area contributed by atoms with Crippen LogP contribution in [0.4, 0.5) is 0 Å². The van der Waals surface area contributed by atoms with Gasteiger partial charge >= 0.3 is 0 Å². The summed E-state index contributed by atoms with van der Waals surface area (Å²) in [5.41, 5.74) is 0. The molecule has 0 radical (unpaired) electrons. The number of benzene rings is 1. The molecule has 0 fully saturated rings. The fourth-order valence-corrected chi connectivity index (χ4v) is 2.05. The zero-order chi connectivity index (χ0) is 10.6. The number of alkyl halides is 1. The van der Waals surface area contributed by atoms with Crippen LogP contribution >= 0.6 is 50.7 Å². The lowest BCUT2D eigenvalue weighted by Crippen LogP contribution is -1.98. The van der Waals surface area contributed by atoms with E-state index in [1.807, 2.05) is 0 Å². The molecule has 0 spiro atoms. The van der Waals surface area contributed by atoms with Crippen LogP contribution < -0.4 is 4.74 Å². The molecule has 0 aliphatic rings. The maximum absolute atomic E-state index is 5.91. The van der Waals surface area contributed by atoms with E-state index < -0.39 is 0 Å². The lowest BCUT2D eigenvalue weighted by molar-refractivity contribution is 0.319. The highest BCUT2D eigenvalue weighted by Crippen LogP contribution is 2.35. The van der Waals surface area contributed by atoms with E-state index in [1.165, 1.54) is 0 Å². The highest BCUT2D eigenvalue weighted by Gasteiger charge is 2.08. The van der Waals surface area contributed by atoms with Gasteiger partial charge in [-0.2, -0.15) is 0 Å². The van der Waals surface area contributed by atoms with Crippen molar-refractivity contribution in [2.24, 2.45) is 0 Å². The van der Waals surface area contributed by atoms with Gasteiger partial charge in [0, 0.05) is 10.4 Å². The van der Waals surface area contributed by atoms with Gasteiger partial charge in [-0.1, -0.05) is 50.7 Å². The van der Waals surface area contributed by atoms with Crippen LogP contribution in [0.15, 0.2) is 12.1 Å². The van der Waals surface area contributed by atoms with Crippen molar-refractivity contribution in [2.45, 2.75) is 6.42 Å². The maximum Gasteiger partial charge on any atom is 0.156 e. The van der Waals surface area contributed by atoms with Crippen LogP contribution in [0.25, 0.3) is 0 Å². The summed E-state index contributed by atoms with van der Waals surface area (Å²) in [5.74, 6) is 0.499. The van der Waals surface area contributed by atoms with Gasteiger partial charge in [-0.05, 0) is 18.6 Å². The van der Waals surface area contributed by atoms with Gasteiger partial charge in [-0.25, -0.2) is 0 Å². The van der Waals surface area contributed by atoms with Crippen molar-refractivity contribution in [3.8, 4) is 5.75 Å². The van der Waals surface area contributed by atoms with Crippen molar-refractivity contribution >= 4 is 50.7 Å². The van der Waals surface area contributed by atoms with Gasteiger partial charge in [0.15, 0.2) is 5.75 Å². The van der Waals surface area contributed by atoms with Crippen molar-refractivity contribution in [1.29, 1.82) is 0 Å². The fraction of sp³-hybridized carbons (Fsp3) is 0.333. The first-order valence-electron chi connectivity index (χ1n) is 3.98. The Bertz CT molecular complexity index is 294. The second-order valence-corrected chi connectivity index (χ2v) is 4.63. The van der Waals surface area contributed by atoms with Crippen molar-refractivity contribution in [1.82, 2.24) is 0 Å². The molecule has 0 aromatic heterocycles. The van der Waals surface area contributed by atoms with Crippen LogP contribution in [0.1, 0.15) is 6.42 Å². The summed E-state index contributed by atoms with van der Waals surface area (Å²) in [6, 6.07) is 3.22. The molecule has 0 bridgehead atoms. The molecule has 5 heteroatoms. The molecule has 1 nitrogen and oxygen atoms in total. The molecular weight excluding hydrogens is 310 g/mol. The average molecular weight is 318 g/mol. The molecule has 0 heterocycles. The molecule has 0 atom stereocenters. The summed E-state index contributed by atoms with van der Waals surface area (Å²) in [4.78, 5) is 0. The molecule has 0 N–H and O–H groups in total. The Balaban J connectivity index is 2.75. The van der Waals surface area contributed by atoms with E-state index in [9.17, 15) is 0 Å². The van der Waals surface area contributed by atoms with Crippen LogP contribution in [0.3, 0.4) is 0 Å². The van der Waals surface area contributed by atoms with Crippen LogP contribution in [0.2, 0.25) is 15.1 Å². The summed E-state index contributed by atoms with van der Waals surface area (Å²) in [5, 5.41) is 2.28. The minimum atomic E-state index is 0.442. The Hall–Kier alpha value is 0.370. The van der Waals surface area contributed by atoms with E-state index in [2.05, 4.69) is 15.9 Å². The van der Waals surface area contributed by atoms with Gasteiger partial charge in [0.25, 0.3) is 0 Å². The standard InChI is InChI=1S/C9H8BrCl3O/c10-2-1-3-14-9-7(12)4-6(11)5-8(9)13/h4-5H,1-3H2. The molecule has 1 aromatic rings. The van der Waals surface area contributed by atoms with Gasteiger partial charge in [-0.3, -0.25) is 0 Å². The third kappa shape index (κ3) is 3.50. The van der Waals surface area contributed by atoms with Gasteiger partial charge in [0.1, 0.15) is 0 Å². The third-order valence-electron chi connectivity index (χ3n) is 1.49. The van der Waals surface area contributed by atoms with E-state index in [-0.39, 0.29) is 0 Å². The molecule has 14 heavy (non-hydrogen) atoms. The Morgan fingerprint density at radius 2 is 1.71 bits per heavy atom. The van der Waals surface area contributed by atoms with E-state index in [4.69, 9.17) is 39.5 Å². The largest absolute Gasteiger partial charge is 0.490 e. The summed E-state index contributed by atoms with van der Waals surface area (Å²) >= 11 is 20.9. The summed E-state index contributed by atoms with van der Waals surface area (Å²) in [6.07, 6.45) is 0.898. The van der Waals surface area contributed by atoms with Crippen molar-refractivity contribution in [2.75, 3.05) is 11.9 Å². The number of rotatable bonds is 4. The second kappa shape index (κ2) is 6.06. The third-order valence-corrected chi connectivity index (χ3v) is 2.83. The van der Waals surface area contributed by atoms with Crippen LogP contribution in [0.5, 0.6) is 5.75 Å². The SMILES string of the molecule is Clc1cc(Cl)c(OCCCBr)c(Cl)c1. The van der Waals surface area contributed by atoms with Gasteiger partial charge in [0.2, 0.25) is 0 Å². The molecule has 0 unspecified atom stereocenters. The van der Waals surface area contributed by atoms with Gasteiger partial charge < -0.3 is 4.74 Å². The molecule has 0 saturated carbocycles. The highest BCUT2D eigenvalue weighted by atomic mass is 79.9. The van der Waals surface area contributed by atoms with Crippen molar-refractivity contribution in [3.63, 3.8) is 0 Å². The van der Waals surface area contributed by atoms with E-state index in [0.717, 1.165) is 11.8 Å². The minimum absolute atomic E-state index is 0.442. The first kappa shape index (κ1) is 12.4. The van der Waals surface area contributed by atoms with Gasteiger partial charge in [-0.15, -0.1) is 0 Å². The second-order valence-electron chi connectivity index (χ2n) is 2.59. The molecular formula is C9H8BrCl3O. The van der Waals surface area contributed by atoms with E-state index in [0.29, 0.717) is 27.4 Å². The molecule has 1 aromatic carbocycles. The van der Waals surface area contributed by atoms with Crippen LogP contribution in [-0.2, 0) is 0 Å². The van der Waals surface area contributed by atoms with Crippen LogP contribution in [0, 0.1) is 0 Å². The topological polar surface area (TPSA) is 9.23 Å². The van der Waals surface area contributed by atoms with E-state index >= 15 is 0 Å². The number of hydrogen-bond donors (Lipinski definition) is 0. The quantitative estimate of drug-likeness (QED) is 0.572. The molecule has 0 aliphatic carbocycles. The predicted octanol–water partition coefficient (Wildman–Crippen LogP) is 4.81.